The van der Waals surface area contributed by atoms with Gasteiger partial charge in [0.2, 0.25) is 0 Å². The van der Waals surface area contributed by atoms with Gasteiger partial charge in [-0.15, -0.1) is 6.42 Å². The molecule has 3 aromatic carbocycles. The Morgan fingerprint density at radius 2 is 1.69 bits per heavy atom. The molecule has 0 spiro atoms. The molecule has 0 atom stereocenters. The summed E-state index contributed by atoms with van der Waals surface area (Å²) in [5.74, 6) is 1.80. The first kappa shape index (κ1) is 21.0. The van der Waals surface area contributed by atoms with Crippen molar-refractivity contribution in [1.82, 2.24) is 15.3 Å². The first-order valence-electron chi connectivity index (χ1n) is 10.0. The molecule has 1 N–H and O–H groups in total. The molecule has 4 rings (SSSR count). The Hall–Kier alpha value is -4.24. The molecule has 1 amide bonds. The Labute approximate surface area is 185 Å². The van der Waals surface area contributed by atoms with Crippen LogP contribution in [0.1, 0.15) is 10.4 Å². The van der Waals surface area contributed by atoms with Crippen molar-refractivity contribution in [3.8, 4) is 34.9 Å². The molecule has 0 fully saturated rings. The molecule has 0 saturated heterocycles. The molecule has 0 aliphatic carbocycles. The SMILES string of the molecule is C#CCNC(=O)c1ccc2nc(-c3ccc(F)cc3)c(-c3cccc(N(C)C)c3)nc2c1. The van der Waals surface area contributed by atoms with Gasteiger partial charge in [0.1, 0.15) is 5.82 Å². The maximum absolute atomic E-state index is 13.5. The zero-order chi connectivity index (χ0) is 22.7. The maximum Gasteiger partial charge on any atom is 0.252 e. The summed E-state index contributed by atoms with van der Waals surface area (Å²) in [6, 6.07) is 19.2. The van der Waals surface area contributed by atoms with Crippen molar-refractivity contribution in [2.24, 2.45) is 0 Å². The lowest BCUT2D eigenvalue weighted by atomic mass is 10.0. The summed E-state index contributed by atoms with van der Waals surface area (Å²) in [7, 11) is 3.93. The van der Waals surface area contributed by atoms with E-state index < -0.39 is 0 Å². The summed E-state index contributed by atoms with van der Waals surface area (Å²) in [5.41, 5.74) is 5.57. The summed E-state index contributed by atoms with van der Waals surface area (Å²) in [6.07, 6.45) is 5.23. The minimum absolute atomic E-state index is 0.147. The topological polar surface area (TPSA) is 58.1 Å². The lowest BCUT2D eigenvalue weighted by molar-refractivity contribution is 0.0959. The molecule has 6 heteroatoms. The van der Waals surface area contributed by atoms with Crippen LogP contribution in [0.5, 0.6) is 0 Å². The standard InChI is InChI=1S/C26H21FN4O/c1-4-14-28-26(32)19-10-13-22-23(16-19)30-25(18-6-5-7-21(15-18)31(2)3)24(29-22)17-8-11-20(27)12-9-17/h1,5-13,15-16H,14H2,2-3H3,(H,28,32). The van der Waals surface area contributed by atoms with Gasteiger partial charge in [-0.2, -0.15) is 0 Å². The quantitative estimate of drug-likeness (QED) is 0.478. The Balaban J connectivity index is 1.91. The second-order valence-electron chi connectivity index (χ2n) is 7.46. The van der Waals surface area contributed by atoms with E-state index in [4.69, 9.17) is 16.4 Å². The third-order valence-corrected chi connectivity index (χ3v) is 5.03. The van der Waals surface area contributed by atoms with Gasteiger partial charge in [0.15, 0.2) is 0 Å². The molecule has 158 valence electrons. The number of fused-ring (bicyclic) bond motifs is 1. The van der Waals surface area contributed by atoms with E-state index >= 15 is 0 Å². The van der Waals surface area contributed by atoms with E-state index in [9.17, 15) is 9.18 Å². The van der Waals surface area contributed by atoms with Gasteiger partial charge in [-0.3, -0.25) is 4.79 Å². The second-order valence-corrected chi connectivity index (χ2v) is 7.46. The van der Waals surface area contributed by atoms with Crippen LogP contribution in [0.2, 0.25) is 0 Å². The number of anilines is 1. The van der Waals surface area contributed by atoms with Crippen LogP contribution < -0.4 is 10.2 Å². The van der Waals surface area contributed by atoms with Crippen molar-refractivity contribution in [3.63, 3.8) is 0 Å². The average molecular weight is 424 g/mol. The third-order valence-electron chi connectivity index (χ3n) is 5.03. The van der Waals surface area contributed by atoms with E-state index in [0.717, 1.165) is 16.8 Å². The maximum atomic E-state index is 13.5. The molecule has 0 saturated carbocycles. The lowest BCUT2D eigenvalue weighted by Gasteiger charge is -2.15. The van der Waals surface area contributed by atoms with E-state index in [2.05, 4.69) is 11.2 Å². The number of halogens is 1. The molecule has 0 radical (unpaired) electrons. The fraction of sp³-hybridized carbons (Fsp3) is 0.115. The average Bonchev–Trinajstić information content (AvgIpc) is 2.82. The molecule has 0 bridgehead atoms. The summed E-state index contributed by atoms with van der Waals surface area (Å²) in [6.45, 7) is 0.147. The normalized spacial score (nSPS) is 10.6. The highest BCUT2D eigenvalue weighted by atomic mass is 19.1. The van der Waals surface area contributed by atoms with Gasteiger partial charge < -0.3 is 10.2 Å². The number of nitrogens with one attached hydrogen (secondary N) is 1. The summed E-state index contributed by atoms with van der Waals surface area (Å²) in [4.78, 5) is 24.0. The Kier molecular flexibility index (Phi) is 5.82. The molecule has 5 nitrogen and oxygen atoms in total. The predicted octanol–water partition coefficient (Wildman–Crippen LogP) is 4.53. The molecular formula is C26H21FN4O. The van der Waals surface area contributed by atoms with Crippen molar-refractivity contribution >= 4 is 22.6 Å². The first-order chi connectivity index (χ1) is 15.5. The monoisotopic (exact) mass is 424 g/mol. The van der Waals surface area contributed by atoms with Gasteiger partial charge in [-0.05, 0) is 54.6 Å². The van der Waals surface area contributed by atoms with Gasteiger partial charge in [-0.1, -0.05) is 18.1 Å². The fourth-order valence-electron chi connectivity index (χ4n) is 3.37. The number of carbonyl (C=O) groups excluding carboxylic acids is 1. The molecule has 1 aromatic heterocycles. The highest BCUT2D eigenvalue weighted by Crippen LogP contribution is 2.33. The number of nitrogens with zero attached hydrogens (tertiary/aromatic N) is 3. The predicted molar refractivity (Wildman–Crippen MR) is 126 cm³/mol. The second kappa shape index (κ2) is 8.86. The van der Waals surface area contributed by atoms with Gasteiger partial charge in [0.05, 0.1) is 29.0 Å². The van der Waals surface area contributed by atoms with Crippen molar-refractivity contribution < 1.29 is 9.18 Å². The van der Waals surface area contributed by atoms with Crippen molar-refractivity contribution in [3.05, 3.63) is 78.1 Å². The minimum Gasteiger partial charge on any atom is -0.378 e. The Morgan fingerprint density at radius 3 is 2.41 bits per heavy atom. The summed E-state index contributed by atoms with van der Waals surface area (Å²) < 4.78 is 13.5. The van der Waals surface area contributed by atoms with Crippen molar-refractivity contribution in [1.29, 1.82) is 0 Å². The van der Waals surface area contributed by atoms with Gasteiger partial charge in [0, 0.05) is 36.5 Å². The molecular weight excluding hydrogens is 403 g/mol. The molecule has 1 heterocycles. The van der Waals surface area contributed by atoms with Gasteiger partial charge in [-0.25, -0.2) is 14.4 Å². The van der Waals surface area contributed by atoms with E-state index in [0.29, 0.717) is 28.0 Å². The molecule has 4 aromatic rings. The minimum atomic E-state index is -0.318. The number of amides is 1. The first-order valence-corrected chi connectivity index (χ1v) is 10.0. The van der Waals surface area contributed by atoms with Crippen LogP contribution in [0.15, 0.2) is 66.7 Å². The van der Waals surface area contributed by atoms with Crippen LogP contribution in [0.25, 0.3) is 33.5 Å². The van der Waals surface area contributed by atoms with Crippen LogP contribution >= 0.6 is 0 Å². The molecule has 0 unspecified atom stereocenters. The molecule has 0 aliphatic heterocycles. The Bertz CT molecular complexity index is 1340. The third kappa shape index (κ3) is 4.28. The summed E-state index contributed by atoms with van der Waals surface area (Å²) in [5, 5.41) is 2.66. The summed E-state index contributed by atoms with van der Waals surface area (Å²) >= 11 is 0. The number of aromatic nitrogens is 2. The zero-order valence-electron chi connectivity index (χ0n) is 17.8. The van der Waals surface area contributed by atoms with E-state index in [1.165, 1.54) is 12.1 Å². The number of carbonyl (C=O) groups is 1. The number of terminal acetylenes is 1. The highest BCUT2D eigenvalue weighted by Gasteiger charge is 2.15. The van der Waals surface area contributed by atoms with Crippen LogP contribution in [-0.4, -0.2) is 36.5 Å². The zero-order valence-corrected chi connectivity index (χ0v) is 17.8. The van der Waals surface area contributed by atoms with Crippen molar-refractivity contribution in [2.75, 3.05) is 25.5 Å². The number of hydrogen-bond acceptors (Lipinski definition) is 4. The van der Waals surface area contributed by atoms with Crippen LogP contribution in [0.3, 0.4) is 0 Å². The fourth-order valence-corrected chi connectivity index (χ4v) is 3.37. The largest absolute Gasteiger partial charge is 0.378 e. The van der Waals surface area contributed by atoms with Gasteiger partial charge in [0.25, 0.3) is 5.91 Å². The number of hydrogen-bond donors (Lipinski definition) is 1. The van der Waals surface area contributed by atoms with Crippen molar-refractivity contribution in [2.45, 2.75) is 0 Å². The Morgan fingerprint density at radius 1 is 0.969 bits per heavy atom. The lowest BCUT2D eigenvalue weighted by Crippen LogP contribution is -2.23. The smallest absolute Gasteiger partial charge is 0.252 e. The van der Waals surface area contributed by atoms with Gasteiger partial charge >= 0.3 is 0 Å². The van der Waals surface area contributed by atoms with E-state index in [1.807, 2.05) is 43.3 Å². The number of benzene rings is 3. The number of rotatable bonds is 5. The van der Waals surface area contributed by atoms with E-state index in [1.54, 1.807) is 30.3 Å². The molecule has 0 aliphatic rings. The molecule has 32 heavy (non-hydrogen) atoms. The highest BCUT2D eigenvalue weighted by molar-refractivity contribution is 5.98. The van der Waals surface area contributed by atoms with Crippen LogP contribution in [0.4, 0.5) is 10.1 Å². The van der Waals surface area contributed by atoms with E-state index in [-0.39, 0.29) is 18.3 Å². The van der Waals surface area contributed by atoms with Crippen LogP contribution in [-0.2, 0) is 0 Å². The van der Waals surface area contributed by atoms with Crippen LogP contribution in [0, 0.1) is 18.2 Å².